The third-order valence-corrected chi connectivity index (χ3v) is 3.97. The molecule has 0 aliphatic rings. The highest BCUT2D eigenvalue weighted by Crippen LogP contribution is 2.51. The maximum atomic E-state index is 11.8. The van der Waals surface area contributed by atoms with Crippen LogP contribution in [-0.4, -0.2) is 26.0 Å². The first-order valence-electron chi connectivity index (χ1n) is 4.49. The molecule has 0 N–H and O–H groups in total. The molecule has 0 aliphatic heterocycles. The second-order valence-corrected chi connectivity index (χ2v) is 5.42. The van der Waals surface area contributed by atoms with Crippen LogP contribution in [0.4, 0.5) is 0 Å². The quantitative estimate of drug-likeness (QED) is 0.587. The van der Waals surface area contributed by atoms with Gasteiger partial charge in [0.05, 0.1) is 6.26 Å². The summed E-state index contributed by atoms with van der Waals surface area (Å²) in [5.41, 5.74) is 0. The second kappa shape index (κ2) is 5.30. The highest BCUT2D eigenvalue weighted by atomic mass is 31.2. The molecule has 1 atom stereocenters. The van der Waals surface area contributed by atoms with Crippen molar-refractivity contribution in [2.24, 2.45) is 0 Å². The van der Waals surface area contributed by atoms with Crippen LogP contribution < -0.4 is 0 Å². The lowest BCUT2D eigenvalue weighted by molar-refractivity contribution is 0.0379. The maximum absolute atomic E-state index is 11.8. The fraction of sp³-hybridized carbons (Fsp3) is 0.444. The van der Waals surface area contributed by atoms with E-state index in [1.165, 1.54) is 33.5 Å². The monoisotopic (exact) mass is 248 g/mol. The molecule has 0 fully saturated rings. The Bertz CT molecular complexity index is 377. The molecule has 0 unspecified atom stereocenters. The van der Waals surface area contributed by atoms with Crippen molar-refractivity contribution in [2.75, 3.05) is 14.2 Å². The van der Waals surface area contributed by atoms with Crippen LogP contribution in [0.1, 0.15) is 17.5 Å². The second-order valence-electron chi connectivity index (χ2n) is 2.89. The molecule has 1 aromatic heterocycles. The van der Waals surface area contributed by atoms with Gasteiger partial charge in [0.1, 0.15) is 0 Å². The molecule has 16 heavy (non-hydrogen) atoms. The number of rotatable bonds is 5. The third-order valence-electron chi connectivity index (χ3n) is 1.95. The molecular weight excluding hydrogens is 235 g/mol. The topological polar surface area (TPSA) is 75.0 Å². The molecule has 0 saturated carbocycles. The molecule has 0 aliphatic carbocycles. The van der Waals surface area contributed by atoms with Crippen molar-refractivity contribution in [1.29, 1.82) is 0 Å². The molecule has 0 bridgehead atoms. The van der Waals surface area contributed by atoms with Crippen LogP contribution in [0.3, 0.4) is 0 Å². The molecule has 0 radical (unpaired) electrons. The first-order chi connectivity index (χ1) is 7.53. The van der Waals surface area contributed by atoms with Gasteiger partial charge < -0.3 is 18.2 Å². The van der Waals surface area contributed by atoms with Crippen molar-refractivity contribution >= 4 is 13.6 Å². The summed E-state index contributed by atoms with van der Waals surface area (Å²) >= 11 is 0. The van der Waals surface area contributed by atoms with Crippen molar-refractivity contribution in [3.05, 3.63) is 24.2 Å². The Morgan fingerprint density at radius 1 is 1.44 bits per heavy atom. The molecule has 1 heterocycles. The van der Waals surface area contributed by atoms with Crippen molar-refractivity contribution in [1.82, 2.24) is 0 Å². The van der Waals surface area contributed by atoms with E-state index in [9.17, 15) is 9.36 Å². The zero-order valence-electron chi connectivity index (χ0n) is 9.21. The summed E-state index contributed by atoms with van der Waals surface area (Å²) in [6.07, 6.45) is 1.34. The van der Waals surface area contributed by atoms with Crippen LogP contribution >= 0.6 is 7.60 Å². The summed E-state index contributed by atoms with van der Waals surface area (Å²) < 4.78 is 30.9. The third kappa shape index (κ3) is 2.72. The highest BCUT2D eigenvalue weighted by Gasteiger charge is 2.34. The van der Waals surface area contributed by atoms with Crippen LogP contribution in [0.5, 0.6) is 0 Å². The van der Waals surface area contributed by atoms with Gasteiger partial charge in [0, 0.05) is 14.2 Å². The minimum absolute atomic E-state index is 0.0330. The number of hydrogen-bond donors (Lipinski definition) is 0. The summed E-state index contributed by atoms with van der Waals surface area (Å²) in [6.45, 7) is 1.43. The molecule has 7 heteroatoms. The Morgan fingerprint density at radius 3 is 2.50 bits per heavy atom. The molecule has 0 amide bonds. The van der Waals surface area contributed by atoms with Gasteiger partial charge >= 0.3 is 13.6 Å². The van der Waals surface area contributed by atoms with Crippen LogP contribution in [0.25, 0.3) is 0 Å². The fourth-order valence-electron chi connectivity index (χ4n) is 1.04. The van der Waals surface area contributed by atoms with E-state index in [-0.39, 0.29) is 5.76 Å². The van der Waals surface area contributed by atoms with Crippen LogP contribution in [0.2, 0.25) is 0 Å². The van der Waals surface area contributed by atoms with Gasteiger partial charge in [0.15, 0.2) is 5.85 Å². The van der Waals surface area contributed by atoms with E-state index in [2.05, 4.69) is 0 Å². The fourth-order valence-corrected chi connectivity index (χ4v) is 2.01. The van der Waals surface area contributed by atoms with Crippen LogP contribution in [0.15, 0.2) is 22.8 Å². The SMILES string of the molecule is COP(=O)(OC)[C@@H](C)OC(=O)c1ccco1. The predicted molar refractivity (Wildman–Crippen MR) is 55.2 cm³/mol. The van der Waals surface area contributed by atoms with E-state index in [1.807, 2.05) is 0 Å². The van der Waals surface area contributed by atoms with Gasteiger partial charge in [0.25, 0.3) is 0 Å². The minimum Gasteiger partial charge on any atom is -0.457 e. The molecular formula is C9H13O6P. The van der Waals surface area contributed by atoms with E-state index < -0.39 is 19.4 Å². The first kappa shape index (κ1) is 13.0. The Labute approximate surface area is 93.0 Å². The number of furan rings is 1. The number of carbonyl (C=O) groups is 1. The lowest BCUT2D eigenvalue weighted by Gasteiger charge is -2.20. The van der Waals surface area contributed by atoms with Crippen molar-refractivity contribution in [3.63, 3.8) is 0 Å². The zero-order chi connectivity index (χ0) is 12.2. The van der Waals surface area contributed by atoms with E-state index in [0.717, 1.165) is 0 Å². The summed E-state index contributed by atoms with van der Waals surface area (Å²) in [5.74, 6) is -1.68. The van der Waals surface area contributed by atoms with Gasteiger partial charge in [0.2, 0.25) is 5.76 Å². The normalized spacial score (nSPS) is 13.4. The largest absolute Gasteiger partial charge is 0.457 e. The number of ether oxygens (including phenoxy) is 1. The summed E-state index contributed by atoms with van der Waals surface area (Å²) in [7, 11) is -0.965. The average Bonchev–Trinajstić information content (AvgIpc) is 2.81. The van der Waals surface area contributed by atoms with Crippen molar-refractivity contribution < 1.29 is 27.6 Å². The van der Waals surface area contributed by atoms with Gasteiger partial charge in [-0.2, -0.15) is 0 Å². The maximum Gasteiger partial charge on any atom is 0.375 e. The van der Waals surface area contributed by atoms with Crippen molar-refractivity contribution in [3.8, 4) is 0 Å². The number of carbonyl (C=O) groups excluding carboxylic acids is 1. The number of hydrogen-bond acceptors (Lipinski definition) is 6. The van der Waals surface area contributed by atoms with Crippen LogP contribution in [0, 0.1) is 0 Å². The Hall–Kier alpha value is -1.10. The van der Waals surface area contributed by atoms with Crippen LogP contribution in [-0.2, 0) is 18.3 Å². The Morgan fingerprint density at radius 2 is 2.06 bits per heavy atom. The van der Waals surface area contributed by atoms with Gasteiger partial charge in [-0.25, -0.2) is 4.79 Å². The summed E-state index contributed by atoms with van der Waals surface area (Å²) in [6, 6.07) is 2.99. The van der Waals surface area contributed by atoms with E-state index in [1.54, 1.807) is 6.07 Å². The van der Waals surface area contributed by atoms with E-state index in [0.29, 0.717) is 0 Å². The standard InChI is InChI=1S/C9H13O6P/c1-7(16(11,12-2)13-3)15-9(10)8-5-4-6-14-8/h4-7H,1-3H3/t7-/m0/s1. The first-order valence-corrected chi connectivity index (χ1v) is 6.10. The lowest BCUT2D eigenvalue weighted by Crippen LogP contribution is -2.16. The Kier molecular flexibility index (Phi) is 4.29. The molecule has 0 saturated heterocycles. The highest BCUT2D eigenvalue weighted by molar-refractivity contribution is 7.54. The minimum atomic E-state index is -3.41. The van der Waals surface area contributed by atoms with E-state index >= 15 is 0 Å². The van der Waals surface area contributed by atoms with Gasteiger partial charge in [-0.15, -0.1) is 0 Å². The zero-order valence-corrected chi connectivity index (χ0v) is 10.1. The summed E-state index contributed by atoms with van der Waals surface area (Å²) in [4.78, 5) is 11.4. The smallest absolute Gasteiger partial charge is 0.375 e. The molecule has 1 aromatic rings. The molecule has 0 spiro atoms. The molecule has 1 rings (SSSR count). The number of esters is 1. The summed E-state index contributed by atoms with van der Waals surface area (Å²) in [5, 5.41) is 0. The molecule has 90 valence electrons. The average molecular weight is 248 g/mol. The molecule has 6 nitrogen and oxygen atoms in total. The Balaban J connectivity index is 2.68. The predicted octanol–water partition coefficient (Wildman–Crippen LogP) is 2.27. The van der Waals surface area contributed by atoms with Gasteiger partial charge in [-0.1, -0.05) is 0 Å². The van der Waals surface area contributed by atoms with Gasteiger partial charge in [-0.05, 0) is 19.1 Å². The van der Waals surface area contributed by atoms with Crippen molar-refractivity contribution in [2.45, 2.75) is 12.8 Å². The van der Waals surface area contributed by atoms with Gasteiger partial charge in [-0.3, -0.25) is 4.57 Å². The van der Waals surface area contributed by atoms with E-state index in [4.69, 9.17) is 18.2 Å². The lowest BCUT2D eigenvalue weighted by atomic mass is 10.5. The molecule has 0 aromatic carbocycles.